The summed E-state index contributed by atoms with van der Waals surface area (Å²) in [6.45, 7) is 3.99. The molecule has 2 heterocycles. The number of nitrogen functional groups attached to an aromatic ring is 1. The number of carbonyl (C=O) groups is 1. The van der Waals surface area contributed by atoms with Gasteiger partial charge in [-0.2, -0.15) is 0 Å². The van der Waals surface area contributed by atoms with Crippen molar-refractivity contribution in [2.45, 2.75) is 63.3 Å². The lowest BCUT2D eigenvalue weighted by atomic mass is 9.86. The zero-order valence-corrected chi connectivity index (χ0v) is 16.3. The topological polar surface area (TPSA) is 93.4 Å². The average Bonchev–Trinajstić information content (AvgIpc) is 2.93. The lowest BCUT2D eigenvalue weighted by Crippen LogP contribution is -2.44. The number of carbonyl (C=O) groups excluding carboxylic acids is 1. The maximum Gasteiger partial charge on any atom is 0.411 e. The van der Waals surface area contributed by atoms with E-state index < -0.39 is 5.60 Å². The number of benzene rings is 1. The highest BCUT2D eigenvalue weighted by molar-refractivity contribution is 5.72. The van der Waals surface area contributed by atoms with Crippen molar-refractivity contribution in [1.29, 1.82) is 0 Å². The smallest absolute Gasteiger partial charge is 0.411 e. The van der Waals surface area contributed by atoms with Gasteiger partial charge in [-0.05, 0) is 45.1 Å². The van der Waals surface area contributed by atoms with Gasteiger partial charge < -0.3 is 15.8 Å². The van der Waals surface area contributed by atoms with Gasteiger partial charge in [-0.25, -0.2) is 14.8 Å². The number of nitrogens with two attached hydrogens (primary N) is 1. The summed E-state index contributed by atoms with van der Waals surface area (Å²) in [7, 11) is 0. The number of amides is 1. The van der Waals surface area contributed by atoms with E-state index in [9.17, 15) is 4.79 Å². The fraction of sp³-hybridized carbons (Fsp3) is 0.476. The van der Waals surface area contributed by atoms with Gasteiger partial charge in [0.25, 0.3) is 0 Å². The Morgan fingerprint density at radius 2 is 1.89 bits per heavy atom. The Morgan fingerprint density at radius 3 is 2.57 bits per heavy atom. The first-order valence-corrected chi connectivity index (χ1v) is 9.84. The number of rotatable bonds is 4. The van der Waals surface area contributed by atoms with Crippen molar-refractivity contribution in [2.24, 2.45) is 0 Å². The molecule has 1 unspecified atom stereocenters. The Morgan fingerprint density at radius 1 is 1.18 bits per heavy atom. The summed E-state index contributed by atoms with van der Waals surface area (Å²) in [6, 6.07) is 10.6. The summed E-state index contributed by atoms with van der Waals surface area (Å²) in [5, 5.41) is 3.42. The fourth-order valence-electron chi connectivity index (χ4n) is 4.48. The lowest BCUT2D eigenvalue weighted by molar-refractivity contribution is 0.0664. The van der Waals surface area contributed by atoms with Crippen molar-refractivity contribution < 1.29 is 9.53 Å². The van der Waals surface area contributed by atoms with Crippen LogP contribution in [0, 0.1) is 0 Å². The summed E-state index contributed by atoms with van der Waals surface area (Å²) in [5.74, 6) is 0.683. The van der Waals surface area contributed by atoms with Crippen LogP contribution in [0.4, 0.5) is 16.3 Å². The van der Waals surface area contributed by atoms with E-state index in [-0.39, 0.29) is 24.2 Å². The van der Waals surface area contributed by atoms with Gasteiger partial charge in [0.15, 0.2) is 5.82 Å². The molecule has 1 aliphatic carbocycles. The second-order valence-corrected chi connectivity index (χ2v) is 8.17. The van der Waals surface area contributed by atoms with Crippen molar-refractivity contribution in [2.75, 3.05) is 11.1 Å². The number of ether oxygens (including phenoxy) is 1. The second-order valence-electron chi connectivity index (χ2n) is 8.17. The van der Waals surface area contributed by atoms with Crippen LogP contribution < -0.4 is 11.1 Å². The molecule has 2 fully saturated rings. The largest absolute Gasteiger partial charge is 0.441 e. The quantitative estimate of drug-likeness (QED) is 0.838. The molecule has 1 saturated carbocycles. The zero-order chi connectivity index (χ0) is 19.7. The van der Waals surface area contributed by atoms with Crippen molar-refractivity contribution in [3.05, 3.63) is 48.4 Å². The van der Waals surface area contributed by atoms with Gasteiger partial charge in [0, 0.05) is 12.1 Å². The number of nitrogens with zero attached hydrogens (tertiary/aromatic N) is 3. The highest BCUT2D eigenvalue weighted by Gasteiger charge is 2.51. The first-order chi connectivity index (χ1) is 13.5. The van der Waals surface area contributed by atoms with E-state index in [0.717, 1.165) is 31.2 Å². The van der Waals surface area contributed by atoms with E-state index in [2.05, 4.69) is 27.4 Å². The van der Waals surface area contributed by atoms with E-state index >= 15 is 0 Å². The molecule has 2 aliphatic rings. The van der Waals surface area contributed by atoms with Crippen LogP contribution >= 0.6 is 0 Å². The second kappa shape index (κ2) is 7.30. The van der Waals surface area contributed by atoms with Crippen LogP contribution in [0.15, 0.2) is 42.9 Å². The summed E-state index contributed by atoms with van der Waals surface area (Å²) in [4.78, 5) is 22.9. The van der Waals surface area contributed by atoms with Gasteiger partial charge in [0.05, 0.1) is 17.9 Å². The Kier molecular flexibility index (Phi) is 4.83. The van der Waals surface area contributed by atoms with Crippen molar-refractivity contribution in [3.8, 4) is 0 Å². The first-order valence-electron chi connectivity index (χ1n) is 9.84. The predicted molar refractivity (Wildman–Crippen MR) is 108 cm³/mol. The lowest BCUT2D eigenvalue weighted by Gasteiger charge is -2.38. The molecule has 0 radical (unpaired) electrons. The third-order valence-electron chi connectivity index (χ3n) is 5.78. The molecule has 1 saturated heterocycles. The molecule has 0 spiro atoms. The normalized spacial score (nSPS) is 26.7. The minimum absolute atomic E-state index is 0.0757. The van der Waals surface area contributed by atoms with Crippen LogP contribution in [0.5, 0.6) is 0 Å². The Labute approximate surface area is 165 Å². The molecule has 1 atom stereocenters. The average molecular weight is 381 g/mol. The Balaban J connectivity index is 1.47. The number of anilines is 2. The molecule has 7 nitrogen and oxygen atoms in total. The van der Waals surface area contributed by atoms with Crippen LogP contribution in [-0.4, -0.2) is 38.6 Å². The van der Waals surface area contributed by atoms with Gasteiger partial charge in [-0.15, -0.1) is 0 Å². The molecule has 7 heteroatoms. The van der Waals surface area contributed by atoms with Gasteiger partial charge >= 0.3 is 6.09 Å². The van der Waals surface area contributed by atoms with E-state index in [1.165, 1.54) is 6.33 Å². The van der Waals surface area contributed by atoms with Crippen LogP contribution in [0.2, 0.25) is 0 Å². The molecule has 3 N–H and O–H groups in total. The van der Waals surface area contributed by atoms with E-state index in [1.54, 1.807) is 6.20 Å². The zero-order valence-electron chi connectivity index (χ0n) is 16.3. The number of hydrogen-bond acceptors (Lipinski definition) is 6. The third kappa shape index (κ3) is 3.48. The number of aromatic nitrogens is 2. The van der Waals surface area contributed by atoms with Crippen LogP contribution in [0.25, 0.3) is 0 Å². The van der Waals surface area contributed by atoms with Crippen LogP contribution in [-0.2, 0) is 4.74 Å². The summed E-state index contributed by atoms with van der Waals surface area (Å²) in [6.07, 6.45) is 6.61. The molecule has 1 aromatic carbocycles. The summed E-state index contributed by atoms with van der Waals surface area (Å²) in [5.41, 5.74) is 7.06. The minimum Gasteiger partial charge on any atom is -0.441 e. The SMILES string of the molecule is CC1(C)OC(=O)N([C@H]2CC[C@H](Nc3ncncc3N)CC2)C1c1ccccc1. The summed E-state index contributed by atoms with van der Waals surface area (Å²) >= 11 is 0. The Bertz CT molecular complexity index is 834. The molecule has 1 aliphatic heterocycles. The van der Waals surface area contributed by atoms with Crippen molar-refractivity contribution in [3.63, 3.8) is 0 Å². The van der Waals surface area contributed by atoms with Gasteiger partial charge in [0.1, 0.15) is 11.9 Å². The molecule has 28 heavy (non-hydrogen) atoms. The molecule has 4 rings (SSSR count). The highest BCUT2D eigenvalue weighted by atomic mass is 16.6. The van der Waals surface area contributed by atoms with E-state index in [4.69, 9.17) is 10.5 Å². The summed E-state index contributed by atoms with van der Waals surface area (Å²) < 4.78 is 5.76. The third-order valence-corrected chi connectivity index (χ3v) is 5.78. The van der Waals surface area contributed by atoms with Crippen molar-refractivity contribution >= 4 is 17.6 Å². The predicted octanol–water partition coefficient (Wildman–Crippen LogP) is 3.75. The fourth-order valence-corrected chi connectivity index (χ4v) is 4.48. The Hall–Kier alpha value is -2.83. The van der Waals surface area contributed by atoms with Crippen molar-refractivity contribution in [1.82, 2.24) is 14.9 Å². The molecule has 1 amide bonds. The number of hydrogen-bond donors (Lipinski definition) is 2. The molecular formula is C21H27N5O2. The number of nitrogens with one attached hydrogen (secondary N) is 1. The van der Waals surface area contributed by atoms with Crippen LogP contribution in [0.1, 0.15) is 51.1 Å². The van der Waals surface area contributed by atoms with Gasteiger partial charge in [-0.3, -0.25) is 4.90 Å². The standard InChI is InChI=1S/C21H27N5O2/c1-21(2)18(14-6-4-3-5-7-14)26(20(27)28-21)16-10-8-15(9-11-16)25-19-17(22)12-23-13-24-19/h3-7,12-13,15-16,18H,8-11,22H2,1-2H3,(H,23,24,25)/t15-,16-,18?. The maximum atomic E-state index is 12.7. The van der Waals surface area contributed by atoms with E-state index in [1.807, 2.05) is 36.9 Å². The first kappa shape index (κ1) is 18.5. The molecular weight excluding hydrogens is 354 g/mol. The van der Waals surface area contributed by atoms with E-state index in [0.29, 0.717) is 11.5 Å². The molecule has 1 aromatic heterocycles. The number of cyclic esters (lactones) is 1. The molecule has 2 aromatic rings. The molecule has 0 bridgehead atoms. The monoisotopic (exact) mass is 381 g/mol. The van der Waals surface area contributed by atoms with Gasteiger partial charge in [0.2, 0.25) is 0 Å². The minimum atomic E-state index is -0.553. The van der Waals surface area contributed by atoms with Gasteiger partial charge in [-0.1, -0.05) is 30.3 Å². The van der Waals surface area contributed by atoms with Crippen LogP contribution in [0.3, 0.4) is 0 Å². The molecule has 148 valence electrons. The highest BCUT2D eigenvalue weighted by Crippen LogP contribution is 2.44. The maximum absolute atomic E-state index is 12.7.